The molecule has 6 aromatic rings. The molecule has 1 atom stereocenters. The molecule has 0 fully saturated rings. The van der Waals surface area contributed by atoms with Gasteiger partial charge in [0.05, 0.1) is 0 Å². The third kappa shape index (κ3) is 5.79. The predicted octanol–water partition coefficient (Wildman–Crippen LogP) is 6.88. The van der Waals surface area contributed by atoms with Crippen molar-refractivity contribution >= 4 is 47.7 Å². The second kappa shape index (κ2) is 13.1. The SMILES string of the molecule is Cc1cc[c-]([C@@H](c2ccccc2P(c2ccccc2)c2ccccc2)N(C)C)c1P(c1ccccc1)c1ccccc1. The van der Waals surface area contributed by atoms with E-state index in [1.54, 1.807) is 0 Å². The van der Waals surface area contributed by atoms with Crippen LogP contribution in [0.2, 0.25) is 0 Å². The van der Waals surface area contributed by atoms with Gasteiger partial charge in [0, 0.05) is 6.04 Å². The average molecular weight is 581 g/mol. The standard InChI is InChI=1S/C39H36NP2/c1-30-28-29-36(39(30)42(33-22-12-6-13-23-33)34-24-14-7-15-25-34)38(40(2)3)35-26-16-17-27-37(35)41(31-18-8-4-9-19-31)32-20-10-5-11-21-32/h4-29,38H,1-3H3/q-1/t38-/m1/s1. The topological polar surface area (TPSA) is 3.24 Å². The molecule has 208 valence electrons. The third-order valence-corrected chi connectivity index (χ3v) is 12.9. The maximum Gasteiger partial charge on any atom is 0.0157 e. The van der Waals surface area contributed by atoms with Crippen molar-refractivity contribution in [1.82, 2.24) is 4.90 Å². The Hall–Kier alpha value is -3.73. The lowest BCUT2D eigenvalue weighted by atomic mass is 9.99. The van der Waals surface area contributed by atoms with Crippen molar-refractivity contribution in [3.8, 4) is 0 Å². The summed E-state index contributed by atoms with van der Waals surface area (Å²) in [4.78, 5) is 2.41. The van der Waals surface area contributed by atoms with Crippen molar-refractivity contribution in [2.45, 2.75) is 13.0 Å². The van der Waals surface area contributed by atoms with Gasteiger partial charge in [-0.1, -0.05) is 153 Å². The fraction of sp³-hybridized carbons (Fsp3) is 0.103. The van der Waals surface area contributed by atoms with E-state index in [-0.39, 0.29) is 6.04 Å². The smallest absolute Gasteiger partial charge is 0.0157 e. The molecule has 0 radical (unpaired) electrons. The van der Waals surface area contributed by atoms with E-state index >= 15 is 0 Å². The van der Waals surface area contributed by atoms with Crippen LogP contribution < -0.4 is 31.8 Å². The van der Waals surface area contributed by atoms with Gasteiger partial charge < -0.3 is 4.90 Å². The van der Waals surface area contributed by atoms with Crippen LogP contribution in [0.15, 0.2) is 158 Å². The van der Waals surface area contributed by atoms with Crippen LogP contribution in [-0.2, 0) is 0 Å². The van der Waals surface area contributed by atoms with Gasteiger partial charge in [-0.05, 0) is 62.0 Å². The molecular formula is C39H36NP2-. The lowest BCUT2D eigenvalue weighted by Crippen LogP contribution is -2.33. The Bertz CT molecular complexity index is 1630. The Morgan fingerprint density at radius 1 is 0.500 bits per heavy atom. The fourth-order valence-corrected chi connectivity index (χ4v) is 11.0. The first-order chi connectivity index (χ1) is 20.6. The first kappa shape index (κ1) is 28.4. The highest BCUT2D eigenvalue weighted by molar-refractivity contribution is 7.80. The van der Waals surface area contributed by atoms with Gasteiger partial charge in [-0.25, -0.2) is 6.07 Å². The summed E-state index contributed by atoms with van der Waals surface area (Å²) in [5.74, 6) is 0. The second-order valence-corrected chi connectivity index (χ2v) is 15.1. The highest BCUT2D eigenvalue weighted by Gasteiger charge is 2.27. The van der Waals surface area contributed by atoms with Crippen molar-refractivity contribution in [3.05, 3.63) is 174 Å². The monoisotopic (exact) mass is 580 g/mol. The zero-order valence-corrected chi connectivity index (χ0v) is 26.2. The molecule has 0 aliphatic carbocycles. The van der Waals surface area contributed by atoms with E-state index in [0.29, 0.717) is 0 Å². The highest BCUT2D eigenvalue weighted by Crippen LogP contribution is 2.42. The number of hydrogen-bond donors (Lipinski definition) is 0. The second-order valence-electron chi connectivity index (χ2n) is 10.8. The molecule has 0 saturated heterocycles. The Labute approximate surface area is 253 Å². The molecule has 0 aliphatic rings. The average Bonchev–Trinajstić information content (AvgIpc) is 3.40. The Balaban J connectivity index is 1.56. The summed E-state index contributed by atoms with van der Waals surface area (Å²) in [6.07, 6.45) is 0. The Morgan fingerprint density at radius 3 is 1.36 bits per heavy atom. The Morgan fingerprint density at radius 2 is 0.905 bits per heavy atom. The molecule has 0 saturated carbocycles. The van der Waals surface area contributed by atoms with Crippen LogP contribution in [0.3, 0.4) is 0 Å². The van der Waals surface area contributed by atoms with E-state index in [4.69, 9.17) is 0 Å². The van der Waals surface area contributed by atoms with E-state index in [1.807, 2.05) is 0 Å². The van der Waals surface area contributed by atoms with E-state index in [9.17, 15) is 0 Å². The summed E-state index contributed by atoms with van der Waals surface area (Å²) in [6, 6.07) is 58.2. The zero-order chi connectivity index (χ0) is 28.9. The third-order valence-electron chi connectivity index (χ3n) is 7.72. The van der Waals surface area contributed by atoms with Crippen LogP contribution in [-0.4, -0.2) is 19.0 Å². The molecule has 0 heterocycles. The molecule has 0 aromatic heterocycles. The Kier molecular flexibility index (Phi) is 8.83. The first-order valence-corrected chi connectivity index (χ1v) is 17.1. The molecule has 0 unspecified atom stereocenters. The summed E-state index contributed by atoms with van der Waals surface area (Å²) < 4.78 is 0. The van der Waals surface area contributed by atoms with E-state index in [1.165, 1.54) is 48.5 Å². The van der Waals surface area contributed by atoms with Gasteiger partial charge in [-0.3, -0.25) is 0 Å². The van der Waals surface area contributed by atoms with Gasteiger partial charge in [0.25, 0.3) is 0 Å². The number of hydrogen-bond acceptors (Lipinski definition) is 1. The molecule has 6 aromatic carbocycles. The molecule has 0 aliphatic heterocycles. The normalized spacial score (nSPS) is 12.2. The van der Waals surface area contributed by atoms with Crippen molar-refractivity contribution in [2.75, 3.05) is 14.1 Å². The molecule has 0 N–H and O–H groups in total. The minimum Gasteiger partial charge on any atom is -0.309 e. The number of rotatable bonds is 9. The van der Waals surface area contributed by atoms with Gasteiger partial charge in [0.1, 0.15) is 0 Å². The first-order valence-electron chi connectivity index (χ1n) is 14.5. The van der Waals surface area contributed by atoms with Crippen LogP contribution >= 0.6 is 15.8 Å². The van der Waals surface area contributed by atoms with Crippen LogP contribution in [0, 0.1) is 6.92 Å². The molecule has 0 amide bonds. The van der Waals surface area contributed by atoms with Crippen LogP contribution in [0.4, 0.5) is 0 Å². The summed E-state index contributed by atoms with van der Waals surface area (Å²) >= 11 is 0. The highest BCUT2D eigenvalue weighted by atomic mass is 31.1. The predicted molar refractivity (Wildman–Crippen MR) is 186 cm³/mol. The number of aryl methyl sites for hydroxylation is 1. The van der Waals surface area contributed by atoms with Crippen LogP contribution in [0.5, 0.6) is 0 Å². The minimum atomic E-state index is -0.742. The zero-order valence-electron chi connectivity index (χ0n) is 24.4. The summed E-state index contributed by atoms with van der Waals surface area (Å²) in [7, 11) is 2.99. The number of benzene rings is 5. The van der Waals surface area contributed by atoms with Crippen molar-refractivity contribution in [2.24, 2.45) is 0 Å². The lowest BCUT2D eigenvalue weighted by molar-refractivity contribution is 0.345. The largest absolute Gasteiger partial charge is 0.309 e. The van der Waals surface area contributed by atoms with E-state index < -0.39 is 15.8 Å². The summed E-state index contributed by atoms with van der Waals surface area (Å²) in [5, 5.41) is 8.40. The molecule has 42 heavy (non-hydrogen) atoms. The molecule has 1 nitrogen and oxygen atoms in total. The van der Waals surface area contributed by atoms with Crippen LogP contribution in [0.1, 0.15) is 22.7 Å². The summed E-state index contributed by atoms with van der Waals surface area (Å²) in [6.45, 7) is 2.29. The molecule has 0 bridgehead atoms. The molecule has 0 spiro atoms. The quantitative estimate of drug-likeness (QED) is 0.133. The number of nitrogens with zero attached hydrogens (tertiary/aromatic N) is 1. The van der Waals surface area contributed by atoms with Gasteiger partial charge in [-0.2, -0.15) is 11.6 Å². The van der Waals surface area contributed by atoms with Crippen LogP contribution in [0.25, 0.3) is 0 Å². The fourth-order valence-electron chi connectivity index (χ4n) is 5.92. The lowest BCUT2D eigenvalue weighted by Gasteiger charge is -2.36. The van der Waals surface area contributed by atoms with Crippen molar-refractivity contribution < 1.29 is 0 Å². The summed E-state index contributed by atoms with van der Waals surface area (Å²) in [5.41, 5.74) is 4.14. The molecular weight excluding hydrogens is 544 g/mol. The van der Waals surface area contributed by atoms with Gasteiger partial charge >= 0.3 is 0 Å². The maximum atomic E-state index is 2.41. The van der Waals surface area contributed by atoms with Gasteiger partial charge in [-0.15, -0.1) is 10.9 Å². The minimum absolute atomic E-state index is 0.111. The van der Waals surface area contributed by atoms with E-state index in [0.717, 1.165) is 0 Å². The maximum absolute atomic E-state index is 2.41. The van der Waals surface area contributed by atoms with Gasteiger partial charge in [0.2, 0.25) is 0 Å². The molecule has 6 rings (SSSR count). The molecule has 3 heteroatoms. The van der Waals surface area contributed by atoms with Crippen molar-refractivity contribution in [1.29, 1.82) is 0 Å². The van der Waals surface area contributed by atoms with Gasteiger partial charge in [0.15, 0.2) is 0 Å². The van der Waals surface area contributed by atoms with E-state index in [2.05, 4.69) is 184 Å². The van der Waals surface area contributed by atoms with Crippen molar-refractivity contribution in [3.63, 3.8) is 0 Å².